The molecule has 0 radical (unpaired) electrons. The summed E-state index contributed by atoms with van der Waals surface area (Å²) in [5.41, 5.74) is 10.7. The first-order valence-electron chi connectivity index (χ1n) is 7.45. The van der Waals surface area contributed by atoms with Gasteiger partial charge in [-0.2, -0.15) is 0 Å². The summed E-state index contributed by atoms with van der Waals surface area (Å²) in [7, 11) is 1.75. The van der Waals surface area contributed by atoms with Gasteiger partial charge in [-0.15, -0.1) is 0 Å². The van der Waals surface area contributed by atoms with Crippen LogP contribution in [-0.4, -0.2) is 7.11 Å². The second kappa shape index (κ2) is 5.54. The molecule has 0 bridgehead atoms. The molecule has 0 amide bonds. The van der Waals surface area contributed by atoms with Crippen LogP contribution in [0.4, 0.5) is 0 Å². The predicted octanol–water partition coefficient (Wildman–Crippen LogP) is 4.28. The zero-order chi connectivity index (χ0) is 14.0. The Morgan fingerprint density at radius 3 is 2.42 bits per heavy atom. The molecule has 2 nitrogen and oxygen atoms in total. The standard InChI is InChI=1S/C17H27NO/c1-5-17(8-6-7-9-17)16(18)15-13(3)10-12(2)11-14(15)19-4/h10-11,16H,5-9,18H2,1-4H3. The van der Waals surface area contributed by atoms with Crippen molar-refractivity contribution in [2.45, 2.75) is 58.9 Å². The average molecular weight is 261 g/mol. The van der Waals surface area contributed by atoms with Crippen molar-refractivity contribution >= 4 is 0 Å². The molecule has 1 saturated carbocycles. The van der Waals surface area contributed by atoms with Crippen molar-refractivity contribution in [3.63, 3.8) is 0 Å². The van der Waals surface area contributed by atoms with Gasteiger partial charge in [-0.1, -0.05) is 25.8 Å². The van der Waals surface area contributed by atoms with Crippen LogP contribution in [0.15, 0.2) is 12.1 Å². The Labute approximate surface area is 117 Å². The van der Waals surface area contributed by atoms with E-state index in [1.54, 1.807) is 7.11 Å². The smallest absolute Gasteiger partial charge is 0.124 e. The minimum Gasteiger partial charge on any atom is -0.496 e. The molecular weight excluding hydrogens is 234 g/mol. The van der Waals surface area contributed by atoms with Crippen LogP contribution in [0.1, 0.15) is 61.8 Å². The third kappa shape index (κ3) is 2.51. The van der Waals surface area contributed by atoms with Crippen molar-refractivity contribution in [1.82, 2.24) is 0 Å². The van der Waals surface area contributed by atoms with Crippen LogP contribution >= 0.6 is 0 Å². The zero-order valence-electron chi connectivity index (χ0n) is 12.8. The molecule has 1 aliphatic rings. The van der Waals surface area contributed by atoms with E-state index < -0.39 is 0 Å². The fourth-order valence-electron chi connectivity index (χ4n) is 3.78. The van der Waals surface area contributed by atoms with Crippen molar-refractivity contribution in [1.29, 1.82) is 0 Å². The van der Waals surface area contributed by atoms with E-state index >= 15 is 0 Å². The summed E-state index contributed by atoms with van der Waals surface area (Å²) in [6.45, 7) is 6.54. The van der Waals surface area contributed by atoms with E-state index in [0.717, 1.165) is 12.2 Å². The molecule has 19 heavy (non-hydrogen) atoms. The van der Waals surface area contributed by atoms with Gasteiger partial charge in [0.15, 0.2) is 0 Å². The Bertz CT molecular complexity index is 447. The van der Waals surface area contributed by atoms with Crippen LogP contribution in [-0.2, 0) is 0 Å². The summed E-state index contributed by atoms with van der Waals surface area (Å²) in [5, 5.41) is 0. The van der Waals surface area contributed by atoms with Crippen molar-refractivity contribution < 1.29 is 4.74 Å². The van der Waals surface area contributed by atoms with Crippen molar-refractivity contribution in [2.75, 3.05) is 7.11 Å². The molecule has 1 unspecified atom stereocenters. The maximum Gasteiger partial charge on any atom is 0.124 e. The van der Waals surface area contributed by atoms with Crippen LogP contribution < -0.4 is 10.5 Å². The van der Waals surface area contributed by atoms with Gasteiger partial charge in [-0.25, -0.2) is 0 Å². The third-order valence-electron chi connectivity index (χ3n) is 4.99. The van der Waals surface area contributed by atoms with Gasteiger partial charge in [-0.05, 0) is 55.7 Å². The normalized spacial score (nSPS) is 19.4. The molecule has 0 aliphatic heterocycles. The molecule has 1 aromatic carbocycles. The lowest BCUT2D eigenvalue weighted by molar-refractivity contribution is 0.217. The van der Waals surface area contributed by atoms with Crippen molar-refractivity contribution in [3.05, 3.63) is 28.8 Å². The highest BCUT2D eigenvalue weighted by atomic mass is 16.5. The van der Waals surface area contributed by atoms with E-state index in [4.69, 9.17) is 10.5 Å². The molecule has 0 heterocycles. The van der Waals surface area contributed by atoms with Crippen molar-refractivity contribution in [3.8, 4) is 5.75 Å². The lowest BCUT2D eigenvalue weighted by Crippen LogP contribution is -2.32. The molecule has 2 heteroatoms. The zero-order valence-corrected chi connectivity index (χ0v) is 12.8. The highest BCUT2D eigenvalue weighted by Crippen LogP contribution is 2.51. The summed E-state index contributed by atoms with van der Waals surface area (Å²) in [6.07, 6.45) is 6.29. The predicted molar refractivity (Wildman–Crippen MR) is 80.6 cm³/mol. The SMILES string of the molecule is CCC1(C(N)c2c(C)cc(C)cc2OC)CCCC1. The Morgan fingerprint density at radius 2 is 1.89 bits per heavy atom. The summed E-state index contributed by atoms with van der Waals surface area (Å²) in [4.78, 5) is 0. The van der Waals surface area contributed by atoms with Crippen LogP contribution in [0.3, 0.4) is 0 Å². The maximum atomic E-state index is 6.69. The first kappa shape index (κ1) is 14.4. The number of ether oxygens (including phenoxy) is 1. The number of hydrogen-bond donors (Lipinski definition) is 1. The number of rotatable bonds is 4. The van der Waals surface area contributed by atoms with E-state index in [0.29, 0.717) is 0 Å². The summed E-state index contributed by atoms with van der Waals surface area (Å²) in [6, 6.07) is 4.42. The van der Waals surface area contributed by atoms with Crippen LogP contribution in [0.25, 0.3) is 0 Å². The quantitative estimate of drug-likeness (QED) is 0.878. The monoisotopic (exact) mass is 261 g/mol. The van der Waals surface area contributed by atoms with Gasteiger partial charge in [0.25, 0.3) is 0 Å². The molecule has 1 aliphatic carbocycles. The number of benzene rings is 1. The highest BCUT2D eigenvalue weighted by Gasteiger charge is 2.40. The fourth-order valence-corrected chi connectivity index (χ4v) is 3.78. The molecule has 2 rings (SSSR count). The third-order valence-corrected chi connectivity index (χ3v) is 4.99. The first-order valence-corrected chi connectivity index (χ1v) is 7.45. The summed E-state index contributed by atoms with van der Waals surface area (Å²) in [5.74, 6) is 0.963. The lowest BCUT2D eigenvalue weighted by Gasteiger charge is -2.36. The molecule has 0 aromatic heterocycles. The molecule has 2 N–H and O–H groups in total. The van der Waals surface area contributed by atoms with Gasteiger partial charge in [0.05, 0.1) is 7.11 Å². The Morgan fingerprint density at radius 1 is 1.26 bits per heavy atom. The first-order chi connectivity index (χ1) is 9.04. The largest absolute Gasteiger partial charge is 0.496 e. The van der Waals surface area contributed by atoms with E-state index in [9.17, 15) is 0 Å². The molecule has 0 saturated heterocycles. The minimum atomic E-state index is 0.0931. The Balaban J connectivity index is 2.45. The summed E-state index contributed by atoms with van der Waals surface area (Å²) >= 11 is 0. The van der Waals surface area contributed by atoms with Crippen molar-refractivity contribution in [2.24, 2.45) is 11.1 Å². The molecule has 1 fully saturated rings. The molecule has 1 atom stereocenters. The van der Waals surface area contributed by atoms with Gasteiger partial charge >= 0.3 is 0 Å². The van der Waals surface area contributed by atoms with Crippen LogP contribution in [0, 0.1) is 19.3 Å². The second-order valence-electron chi connectivity index (χ2n) is 6.10. The number of aryl methyl sites for hydroxylation is 2. The molecule has 106 valence electrons. The number of nitrogens with two attached hydrogens (primary N) is 1. The minimum absolute atomic E-state index is 0.0931. The summed E-state index contributed by atoms with van der Waals surface area (Å²) < 4.78 is 5.60. The van der Waals surface area contributed by atoms with Gasteiger partial charge in [0, 0.05) is 11.6 Å². The van der Waals surface area contributed by atoms with Gasteiger partial charge in [-0.3, -0.25) is 0 Å². The van der Waals surface area contributed by atoms with Crippen LogP contribution in [0.5, 0.6) is 5.75 Å². The number of hydrogen-bond acceptors (Lipinski definition) is 2. The average Bonchev–Trinajstić information content (AvgIpc) is 2.87. The Hall–Kier alpha value is -1.02. The van der Waals surface area contributed by atoms with Gasteiger partial charge in [0.1, 0.15) is 5.75 Å². The fraction of sp³-hybridized carbons (Fsp3) is 0.647. The van der Waals surface area contributed by atoms with Crippen LogP contribution in [0.2, 0.25) is 0 Å². The van der Waals surface area contributed by atoms with E-state index in [1.165, 1.54) is 42.4 Å². The molecular formula is C17H27NO. The molecule has 0 spiro atoms. The second-order valence-corrected chi connectivity index (χ2v) is 6.10. The van der Waals surface area contributed by atoms with Gasteiger partial charge < -0.3 is 10.5 Å². The van der Waals surface area contributed by atoms with E-state index in [1.807, 2.05) is 0 Å². The highest BCUT2D eigenvalue weighted by molar-refractivity contribution is 5.45. The topological polar surface area (TPSA) is 35.2 Å². The van der Waals surface area contributed by atoms with E-state index in [-0.39, 0.29) is 11.5 Å². The number of methoxy groups -OCH3 is 1. The maximum absolute atomic E-state index is 6.69. The van der Waals surface area contributed by atoms with E-state index in [2.05, 4.69) is 32.9 Å². The molecule has 1 aromatic rings. The lowest BCUT2D eigenvalue weighted by atomic mass is 9.72. The Kier molecular flexibility index (Phi) is 4.19. The van der Waals surface area contributed by atoms with Gasteiger partial charge in [0.2, 0.25) is 0 Å².